The lowest BCUT2D eigenvalue weighted by atomic mass is 9.91. The number of likely N-dealkylation sites (tertiary alicyclic amines) is 1. The maximum Gasteiger partial charge on any atom is 0.329 e. The summed E-state index contributed by atoms with van der Waals surface area (Å²) in [5, 5.41) is 0. The van der Waals surface area contributed by atoms with Crippen LogP contribution < -0.4 is 28.4 Å². The van der Waals surface area contributed by atoms with Crippen molar-refractivity contribution in [3.8, 4) is 34.5 Å². The summed E-state index contributed by atoms with van der Waals surface area (Å²) in [6.45, 7) is 6.99. The van der Waals surface area contributed by atoms with Gasteiger partial charge in [0.1, 0.15) is 24.5 Å². The molecule has 12 nitrogen and oxygen atoms in total. The lowest BCUT2D eigenvalue weighted by molar-refractivity contribution is -0.162. The van der Waals surface area contributed by atoms with Crippen LogP contribution in [-0.2, 0) is 25.5 Å². The standard InChI is InChI=1S/C42H56N2O10/c1-7-33(31-27-38(49-4)40(51-6)39(28-31)50-5)41(45)44-18-9-8-13-34(44)42(46)54-35(16-14-29-15-17-36(47-2)37(25-29)48-3)30-11-10-12-32(26-30)53-24-21-43-19-22-52-23-20-43/h10-12,15,17,25-28,33-35H,7-9,13-14,16,18-24H2,1-6H3/t33-,34?,35+/m0/s1. The van der Waals surface area contributed by atoms with Crippen molar-refractivity contribution in [2.24, 2.45) is 0 Å². The van der Waals surface area contributed by atoms with Crippen LogP contribution in [0.4, 0.5) is 0 Å². The van der Waals surface area contributed by atoms with E-state index in [0.29, 0.717) is 73.3 Å². The molecule has 2 heterocycles. The molecule has 0 bridgehead atoms. The van der Waals surface area contributed by atoms with E-state index >= 15 is 0 Å². The third-order valence-electron chi connectivity index (χ3n) is 10.3. The Hall–Kier alpha value is -4.68. The number of rotatable bonds is 18. The number of piperidine rings is 1. The predicted octanol–water partition coefficient (Wildman–Crippen LogP) is 6.23. The number of nitrogens with zero attached hydrogens (tertiary/aromatic N) is 2. The summed E-state index contributed by atoms with van der Waals surface area (Å²) in [4.78, 5) is 32.7. The second-order valence-corrected chi connectivity index (χ2v) is 13.5. The molecule has 54 heavy (non-hydrogen) atoms. The van der Waals surface area contributed by atoms with E-state index in [1.807, 2.05) is 61.5 Å². The van der Waals surface area contributed by atoms with Gasteiger partial charge in [-0.2, -0.15) is 0 Å². The highest BCUT2D eigenvalue weighted by molar-refractivity contribution is 5.89. The quantitative estimate of drug-likeness (QED) is 0.138. The van der Waals surface area contributed by atoms with Crippen LogP contribution >= 0.6 is 0 Å². The van der Waals surface area contributed by atoms with Gasteiger partial charge >= 0.3 is 5.97 Å². The zero-order chi connectivity index (χ0) is 38.5. The second kappa shape index (κ2) is 20.1. The Morgan fingerprint density at radius 3 is 2.19 bits per heavy atom. The fourth-order valence-electron chi connectivity index (χ4n) is 7.26. The van der Waals surface area contributed by atoms with Gasteiger partial charge in [0.15, 0.2) is 23.0 Å². The summed E-state index contributed by atoms with van der Waals surface area (Å²) in [6.07, 6.45) is 3.16. The van der Waals surface area contributed by atoms with Crippen molar-refractivity contribution in [3.63, 3.8) is 0 Å². The Balaban J connectivity index is 1.37. The molecule has 2 aliphatic heterocycles. The van der Waals surface area contributed by atoms with Gasteiger partial charge in [-0.05, 0) is 91.6 Å². The van der Waals surface area contributed by atoms with E-state index in [1.165, 1.54) is 0 Å². The smallest absolute Gasteiger partial charge is 0.329 e. The van der Waals surface area contributed by atoms with Crippen molar-refractivity contribution >= 4 is 11.9 Å². The highest BCUT2D eigenvalue weighted by Gasteiger charge is 2.38. The van der Waals surface area contributed by atoms with Crippen LogP contribution in [0, 0.1) is 0 Å². The molecule has 1 amide bonds. The van der Waals surface area contributed by atoms with Crippen LogP contribution in [0.2, 0.25) is 0 Å². The van der Waals surface area contributed by atoms with Gasteiger partial charge in [0, 0.05) is 26.2 Å². The van der Waals surface area contributed by atoms with Gasteiger partial charge in [0.25, 0.3) is 0 Å². The average molecular weight is 749 g/mol. The predicted molar refractivity (Wildman–Crippen MR) is 204 cm³/mol. The molecule has 3 aromatic rings. The fraction of sp³-hybridized carbons (Fsp3) is 0.524. The van der Waals surface area contributed by atoms with Crippen LogP contribution in [0.15, 0.2) is 54.6 Å². The van der Waals surface area contributed by atoms with Crippen molar-refractivity contribution in [1.29, 1.82) is 0 Å². The van der Waals surface area contributed by atoms with Crippen molar-refractivity contribution in [1.82, 2.24) is 9.80 Å². The van der Waals surface area contributed by atoms with Crippen LogP contribution in [0.3, 0.4) is 0 Å². The topological polar surface area (TPSA) is 114 Å². The molecule has 3 aromatic carbocycles. The number of carbonyl (C=O) groups is 2. The minimum Gasteiger partial charge on any atom is -0.493 e. The van der Waals surface area contributed by atoms with Crippen molar-refractivity contribution in [2.45, 2.75) is 63.5 Å². The van der Waals surface area contributed by atoms with Gasteiger partial charge in [-0.25, -0.2) is 4.79 Å². The summed E-state index contributed by atoms with van der Waals surface area (Å²) in [5.41, 5.74) is 2.57. The van der Waals surface area contributed by atoms with Gasteiger partial charge in [0.2, 0.25) is 11.7 Å². The van der Waals surface area contributed by atoms with E-state index in [2.05, 4.69) is 4.90 Å². The van der Waals surface area contributed by atoms with Gasteiger partial charge in [-0.15, -0.1) is 0 Å². The monoisotopic (exact) mass is 748 g/mol. The summed E-state index contributed by atoms with van der Waals surface area (Å²) < 4.78 is 45.8. The summed E-state index contributed by atoms with van der Waals surface area (Å²) in [6, 6.07) is 16.5. The highest BCUT2D eigenvalue weighted by Crippen LogP contribution is 2.41. The number of hydrogen-bond donors (Lipinski definition) is 0. The molecule has 12 heteroatoms. The Morgan fingerprint density at radius 2 is 1.52 bits per heavy atom. The fourth-order valence-corrected chi connectivity index (χ4v) is 7.26. The first-order chi connectivity index (χ1) is 26.3. The van der Waals surface area contributed by atoms with Crippen molar-refractivity contribution < 1.29 is 47.5 Å². The van der Waals surface area contributed by atoms with Crippen LogP contribution in [0.25, 0.3) is 0 Å². The Labute approximate surface area is 319 Å². The zero-order valence-electron chi connectivity index (χ0n) is 32.6. The lowest BCUT2D eigenvalue weighted by Gasteiger charge is -2.37. The number of morpholine rings is 1. The number of methoxy groups -OCH3 is 5. The summed E-state index contributed by atoms with van der Waals surface area (Å²) in [5.74, 6) is 2.30. The molecule has 294 valence electrons. The number of hydrogen-bond acceptors (Lipinski definition) is 11. The second-order valence-electron chi connectivity index (χ2n) is 13.5. The number of benzene rings is 3. The highest BCUT2D eigenvalue weighted by atomic mass is 16.5. The molecule has 1 unspecified atom stereocenters. The van der Waals surface area contributed by atoms with Gasteiger partial charge in [-0.3, -0.25) is 9.69 Å². The van der Waals surface area contributed by atoms with Crippen molar-refractivity contribution in [2.75, 3.05) is 81.5 Å². The van der Waals surface area contributed by atoms with E-state index in [9.17, 15) is 9.59 Å². The van der Waals surface area contributed by atoms with Crippen molar-refractivity contribution in [3.05, 3.63) is 71.3 Å². The Bertz CT molecular complexity index is 1650. The minimum atomic E-state index is -0.723. The summed E-state index contributed by atoms with van der Waals surface area (Å²) >= 11 is 0. The Kier molecular flexibility index (Phi) is 15.1. The molecule has 2 aliphatic rings. The molecule has 2 saturated heterocycles. The largest absolute Gasteiger partial charge is 0.493 e. The number of ether oxygens (including phenoxy) is 8. The zero-order valence-corrected chi connectivity index (χ0v) is 32.6. The SMILES string of the molecule is CC[C@H](C(=O)N1CCCCC1C(=O)O[C@H](CCc1ccc(OC)c(OC)c1)c1cccc(OCCN2CCOCC2)c1)c1cc(OC)c(OC)c(OC)c1. The third-order valence-corrected chi connectivity index (χ3v) is 10.3. The van der Waals surface area contributed by atoms with Gasteiger partial charge < -0.3 is 42.8 Å². The van der Waals surface area contributed by atoms with Crippen LogP contribution in [0.5, 0.6) is 34.5 Å². The first kappa shape index (κ1) is 40.5. The number of aryl methyl sites for hydroxylation is 1. The molecule has 0 spiro atoms. The number of esters is 1. The Morgan fingerprint density at radius 1 is 0.796 bits per heavy atom. The molecule has 2 fully saturated rings. The molecule has 0 saturated carbocycles. The van der Waals surface area contributed by atoms with E-state index in [4.69, 9.17) is 37.9 Å². The first-order valence-corrected chi connectivity index (χ1v) is 18.9. The molecular weight excluding hydrogens is 692 g/mol. The molecule has 0 aliphatic carbocycles. The molecule has 3 atom stereocenters. The molecule has 0 radical (unpaired) electrons. The van der Waals surface area contributed by atoms with E-state index in [0.717, 1.165) is 62.4 Å². The molecular formula is C42H56N2O10. The van der Waals surface area contributed by atoms with Crippen LogP contribution in [0.1, 0.15) is 67.7 Å². The lowest BCUT2D eigenvalue weighted by Crippen LogP contribution is -2.50. The number of carbonyl (C=O) groups excluding carboxylic acids is 2. The molecule has 0 aromatic heterocycles. The maximum absolute atomic E-state index is 14.4. The molecule has 0 N–H and O–H groups in total. The average Bonchev–Trinajstić information content (AvgIpc) is 3.22. The first-order valence-electron chi connectivity index (χ1n) is 18.9. The van der Waals surface area contributed by atoms with Crippen LogP contribution in [-0.4, -0.2) is 109 Å². The van der Waals surface area contributed by atoms with E-state index in [-0.39, 0.29) is 5.91 Å². The van der Waals surface area contributed by atoms with E-state index < -0.39 is 24.0 Å². The third kappa shape index (κ3) is 10.1. The normalized spacial score (nSPS) is 17.2. The van der Waals surface area contributed by atoms with Gasteiger partial charge in [-0.1, -0.05) is 25.1 Å². The van der Waals surface area contributed by atoms with Gasteiger partial charge in [0.05, 0.1) is 54.7 Å². The number of amides is 1. The minimum absolute atomic E-state index is 0.133. The summed E-state index contributed by atoms with van der Waals surface area (Å²) in [7, 11) is 7.86. The maximum atomic E-state index is 14.4. The molecule has 5 rings (SSSR count). The van der Waals surface area contributed by atoms with E-state index in [1.54, 1.807) is 40.4 Å².